The Morgan fingerprint density at radius 1 is 0.656 bits per heavy atom. The number of aryl methyl sites for hydroxylation is 1. The molecular formula is C51H57BO9. The summed E-state index contributed by atoms with van der Waals surface area (Å²) in [7, 11) is -0.548. The Labute approximate surface area is 360 Å². The van der Waals surface area contributed by atoms with Gasteiger partial charge < -0.3 is 37.7 Å². The van der Waals surface area contributed by atoms with Gasteiger partial charge >= 0.3 is 13.1 Å². The van der Waals surface area contributed by atoms with E-state index in [-0.39, 0.29) is 13.2 Å². The monoisotopic (exact) mass is 824 g/mol. The predicted octanol–water partition coefficient (Wildman–Crippen LogP) is 8.84. The van der Waals surface area contributed by atoms with Crippen LogP contribution in [-0.4, -0.2) is 55.0 Å². The average Bonchev–Trinajstić information content (AvgIpc) is 3.59. The molecule has 2 saturated heterocycles. The lowest BCUT2D eigenvalue weighted by Gasteiger charge is -2.55. The predicted molar refractivity (Wildman–Crippen MR) is 233 cm³/mol. The van der Waals surface area contributed by atoms with E-state index >= 15 is 0 Å². The number of benzene rings is 5. The molecule has 1 saturated carbocycles. The molecule has 0 radical (unpaired) electrons. The normalized spacial score (nSPS) is 25.4. The largest absolute Gasteiger partial charge is 0.494 e. The Bertz CT molecular complexity index is 2190. The molecule has 0 amide bonds. The Hall–Kier alpha value is -4.65. The lowest BCUT2D eigenvalue weighted by atomic mass is 9.75. The van der Waals surface area contributed by atoms with Crippen LogP contribution in [0, 0.1) is 18.8 Å². The molecular weight excluding hydrogens is 767 g/mol. The van der Waals surface area contributed by atoms with Crippen LogP contribution in [0.4, 0.5) is 0 Å². The molecule has 0 spiro atoms. The second-order valence-corrected chi connectivity index (χ2v) is 17.5. The van der Waals surface area contributed by atoms with Gasteiger partial charge in [0.25, 0.3) is 0 Å². The molecule has 3 unspecified atom stereocenters. The van der Waals surface area contributed by atoms with E-state index in [1.54, 1.807) is 0 Å². The third-order valence-corrected chi connectivity index (χ3v) is 12.7. The quantitative estimate of drug-likeness (QED) is 0.0674. The first-order valence-electron chi connectivity index (χ1n) is 21.4. The summed E-state index contributed by atoms with van der Waals surface area (Å²) < 4.78 is 54.1. The summed E-state index contributed by atoms with van der Waals surface area (Å²) in [5, 5.41) is 0. The van der Waals surface area contributed by atoms with Crippen molar-refractivity contribution in [1.29, 1.82) is 0 Å². The van der Waals surface area contributed by atoms with Gasteiger partial charge in [-0.2, -0.15) is 0 Å². The summed E-state index contributed by atoms with van der Waals surface area (Å²) in [5.74, 6) is -2.53. The number of carbonyl (C=O) groups excluding carboxylic acids is 1. The van der Waals surface area contributed by atoms with Gasteiger partial charge in [-0.25, -0.2) is 0 Å². The number of rotatable bonds is 17. The van der Waals surface area contributed by atoms with Crippen molar-refractivity contribution in [2.45, 2.75) is 109 Å². The zero-order valence-electron chi connectivity index (χ0n) is 36.0. The molecule has 10 heteroatoms. The van der Waals surface area contributed by atoms with Crippen LogP contribution in [0.15, 0.2) is 140 Å². The van der Waals surface area contributed by atoms with Gasteiger partial charge in [-0.05, 0) is 73.5 Å². The van der Waals surface area contributed by atoms with Crippen LogP contribution >= 0.6 is 0 Å². The third-order valence-electron chi connectivity index (χ3n) is 12.7. The lowest BCUT2D eigenvalue weighted by molar-refractivity contribution is -0.417. The molecule has 61 heavy (non-hydrogen) atoms. The van der Waals surface area contributed by atoms with Crippen molar-refractivity contribution in [2.24, 2.45) is 11.8 Å². The van der Waals surface area contributed by atoms with Gasteiger partial charge in [0, 0.05) is 6.92 Å². The first-order chi connectivity index (χ1) is 29.4. The first-order valence-corrected chi connectivity index (χ1v) is 21.4. The van der Waals surface area contributed by atoms with Crippen LogP contribution in [0.25, 0.3) is 0 Å². The zero-order chi connectivity index (χ0) is 42.6. The maximum Gasteiger partial charge on any atom is 0.494 e. The van der Waals surface area contributed by atoms with Crippen molar-refractivity contribution < 1.29 is 42.5 Å². The van der Waals surface area contributed by atoms with Gasteiger partial charge in [0.2, 0.25) is 0 Å². The number of esters is 1. The topological polar surface area (TPSA) is 90.9 Å². The molecule has 9 nitrogen and oxygen atoms in total. The van der Waals surface area contributed by atoms with E-state index < -0.39 is 66.3 Å². The minimum atomic E-state index is -1.23. The van der Waals surface area contributed by atoms with E-state index in [1.807, 2.05) is 144 Å². The SMILES string of the molecule is CC(=O)O[C@H](c1ccc(B2OC(C)(C)C(C)(C)O2)cc1C)[C@H]1O[C@]2(OCc3ccccc3)C(COCc3ccccc3)[C@@H](OCc3ccccc3)C(OCc3ccccc3)C12. The molecule has 1 aliphatic carbocycles. The average molecular weight is 825 g/mol. The number of ether oxygens (including phenoxy) is 6. The molecule has 0 N–H and O–H groups in total. The Kier molecular flexibility index (Phi) is 13.0. The molecule has 318 valence electrons. The van der Waals surface area contributed by atoms with Crippen molar-refractivity contribution in [3.63, 3.8) is 0 Å². The fourth-order valence-electron chi connectivity index (χ4n) is 8.85. The molecule has 5 aromatic carbocycles. The van der Waals surface area contributed by atoms with E-state index in [1.165, 1.54) is 6.92 Å². The van der Waals surface area contributed by atoms with Crippen molar-refractivity contribution in [3.8, 4) is 0 Å². The minimum absolute atomic E-state index is 0.262. The number of hydrogen-bond acceptors (Lipinski definition) is 9. The Balaban J connectivity index is 1.19. The summed E-state index contributed by atoms with van der Waals surface area (Å²) in [6.07, 6.45) is -2.55. The molecule has 0 bridgehead atoms. The van der Waals surface area contributed by atoms with Crippen LogP contribution in [0.5, 0.6) is 0 Å². The first kappa shape index (κ1) is 43.0. The van der Waals surface area contributed by atoms with Crippen LogP contribution in [-0.2, 0) is 69.0 Å². The van der Waals surface area contributed by atoms with Gasteiger partial charge in [-0.1, -0.05) is 140 Å². The fraction of sp³-hybridized carbons (Fsp3) is 0.392. The molecule has 7 atom stereocenters. The van der Waals surface area contributed by atoms with E-state index in [2.05, 4.69) is 30.3 Å². The van der Waals surface area contributed by atoms with Crippen LogP contribution in [0.1, 0.15) is 74.1 Å². The molecule has 3 aliphatic rings. The molecule has 5 aromatic rings. The van der Waals surface area contributed by atoms with Crippen molar-refractivity contribution in [1.82, 2.24) is 0 Å². The number of fused-ring (bicyclic) bond motifs is 1. The zero-order valence-corrected chi connectivity index (χ0v) is 36.0. The second kappa shape index (κ2) is 18.4. The number of carbonyl (C=O) groups is 1. The maximum absolute atomic E-state index is 13.1. The molecule has 8 rings (SSSR count). The van der Waals surface area contributed by atoms with Gasteiger partial charge in [0.1, 0.15) is 6.10 Å². The lowest BCUT2D eigenvalue weighted by Crippen LogP contribution is -2.66. The minimum Gasteiger partial charge on any atom is -0.455 e. The standard InChI is InChI=1S/C51H57BO9/c1-35-29-41(52-60-49(3,4)50(5,6)61-52)27-28-42(35)45(58-36(2)53)48-44-47(56-32-39-23-15-9-16-24-39)46(55-31-38-21-13-8-14-22-38)43(34-54-30-37-19-11-7-12-20-37)51(44,59-48)57-33-40-25-17-10-18-26-40/h7-29,43-48H,30-34H2,1-6H3/t43?,44?,45-,46-,47?,48+,51-/m1/s1. The van der Waals surface area contributed by atoms with Gasteiger partial charge in [0.05, 0.1) is 68.3 Å². The maximum atomic E-state index is 13.1. The van der Waals surface area contributed by atoms with Crippen molar-refractivity contribution >= 4 is 18.6 Å². The highest BCUT2D eigenvalue weighted by Crippen LogP contribution is 2.60. The summed E-state index contributed by atoms with van der Waals surface area (Å²) in [4.78, 5) is 13.1. The Morgan fingerprint density at radius 2 is 1.15 bits per heavy atom. The number of hydrogen-bond donors (Lipinski definition) is 0. The molecule has 2 aliphatic heterocycles. The summed E-state index contributed by atoms with van der Waals surface area (Å²) in [6.45, 7) is 13.2. The smallest absolute Gasteiger partial charge is 0.455 e. The molecule has 2 heterocycles. The second-order valence-electron chi connectivity index (χ2n) is 17.5. The van der Waals surface area contributed by atoms with Crippen molar-refractivity contribution in [2.75, 3.05) is 6.61 Å². The highest BCUT2D eigenvalue weighted by molar-refractivity contribution is 6.62. The van der Waals surface area contributed by atoms with Crippen molar-refractivity contribution in [3.05, 3.63) is 173 Å². The van der Waals surface area contributed by atoms with Crippen LogP contribution < -0.4 is 5.46 Å². The van der Waals surface area contributed by atoms with Crippen LogP contribution in [0.3, 0.4) is 0 Å². The highest BCUT2D eigenvalue weighted by Gasteiger charge is 2.75. The van der Waals surface area contributed by atoms with Crippen LogP contribution in [0.2, 0.25) is 0 Å². The fourth-order valence-corrected chi connectivity index (χ4v) is 8.85. The van der Waals surface area contributed by atoms with E-state index in [4.69, 9.17) is 37.7 Å². The van der Waals surface area contributed by atoms with Gasteiger partial charge in [-0.3, -0.25) is 4.79 Å². The Morgan fingerprint density at radius 3 is 1.66 bits per heavy atom. The van der Waals surface area contributed by atoms with E-state index in [9.17, 15) is 4.79 Å². The van der Waals surface area contributed by atoms with E-state index in [0.717, 1.165) is 38.8 Å². The third kappa shape index (κ3) is 9.27. The summed E-state index contributed by atoms with van der Waals surface area (Å²) in [5.41, 5.74) is 5.70. The van der Waals surface area contributed by atoms with E-state index in [0.29, 0.717) is 19.8 Å². The molecule has 0 aromatic heterocycles. The molecule has 3 fully saturated rings. The van der Waals surface area contributed by atoms with Gasteiger partial charge in [-0.15, -0.1) is 0 Å². The highest BCUT2D eigenvalue weighted by atomic mass is 16.7. The van der Waals surface area contributed by atoms with Gasteiger partial charge in [0.15, 0.2) is 11.9 Å². The summed E-state index contributed by atoms with van der Waals surface area (Å²) >= 11 is 0. The summed E-state index contributed by atoms with van der Waals surface area (Å²) in [6, 6.07) is 46.4.